The predicted octanol–water partition coefficient (Wildman–Crippen LogP) is -8.81. The second-order valence-corrected chi connectivity index (χ2v) is 29.8. The van der Waals surface area contributed by atoms with Gasteiger partial charge in [-0.1, -0.05) is 48.0 Å². The lowest BCUT2D eigenvalue weighted by atomic mass is 10.0. The lowest BCUT2D eigenvalue weighted by molar-refractivity contribution is -0.153. The maximum atomic E-state index is 12.0. The third-order valence-corrected chi connectivity index (χ3v) is 19.4. The molecule has 5 saturated heterocycles. The van der Waals surface area contributed by atoms with E-state index in [0.29, 0.717) is 47.9 Å². The molecule has 706 valence electrons. The van der Waals surface area contributed by atoms with Gasteiger partial charge in [-0.15, -0.1) is 0 Å². The van der Waals surface area contributed by atoms with Crippen molar-refractivity contribution in [3.63, 3.8) is 0 Å². The van der Waals surface area contributed by atoms with Crippen molar-refractivity contribution in [1.29, 1.82) is 0 Å². The van der Waals surface area contributed by atoms with Gasteiger partial charge in [0.1, 0.15) is 155 Å². The summed E-state index contributed by atoms with van der Waals surface area (Å²) in [4.78, 5) is 136. The van der Waals surface area contributed by atoms with E-state index in [-0.39, 0.29) is 46.8 Å². The van der Waals surface area contributed by atoms with E-state index < -0.39 is 244 Å². The van der Waals surface area contributed by atoms with Crippen LogP contribution in [-0.4, -0.2) is 322 Å². The molecule has 0 amide bonds. The van der Waals surface area contributed by atoms with Gasteiger partial charge in [-0.2, -0.15) is 36.7 Å². The fraction of sp³-hybridized carbons (Fsp3) is 0.643. The number of rotatable bonds is 33. The fourth-order valence-corrected chi connectivity index (χ4v) is 11.6. The largest absolute Gasteiger partial charge is 0.462 e. The van der Waals surface area contributed by atoms with Crippen LogP contribution in [0.5, 0.6) is 0 Å². The summed E-state index contributed by atoms with van der Waals surface area (Å²) in [5.41, 5.74) is 31.5. The monoisotopic (exact) mass is 1830 g/mol. The van der Waals surface area contributed by atoms with Crippen molar-refractivity contribution in [2.45, 2.75) is 221 Å². The van der Waals surface area contributed by atoms with E-state index >= 15 is 0 Å². The molecule has 126 heavy (non-hydrogen) atoms. The molecule has 0 unspecified atom stereocenters. The number of thioether (sulfide) groups is 1. The van der Waals surface area contributed by atoms with E-state index in [1.54, 1.807) is 48.2 Å². The van der Waals surface area contributed by atoms with E-state index in [1.807, 2.05) is 27.0 Å². The molecule has 26 atom stereocenters. The number of aliphatic hydroxyl groups is 10. The summed E-state index contributed by atoms with van der Waals surface area (Å²) in [6.07, 6.45) is -26.7. The molecule has 10 rings (SSSR count). The van der Waals surface area contributed by atoms with Crippen molar-refractivity contribution in [2.24, 2.45) is 46.4 Å². The van der Waals surface area contributed by atoms with Crippen LogP contribution in [0.2, 0.25) is 0 Å². The molecule has 0 spiro atoms. The number of ether oxygens (including phenoxy) is 10. The average molecular weight is 1830 g/mol. The Hall–Kier alpha value is -9.90. The van der Waals surface area contributed by atoms with Crippen molar-refractivity contribution < 1.29 is 155 Å². The molecule has 0 saturated carbocycles. The molecule has 0 aromatic carbocycles. The predicted molar refractivity (Wildman–Crippen MR) is 426 cm³/mol. The first kappa shape index (κ1) is 96.7. The second kappa shape index (κ2) is 49.4. The van der Waals surface area contributed by atoms with Gasteiger partial charge in [0.2, 0.25) is 0 Å². The zero-order valence-electron chi connectivity index (χ0n) is 73.6. The number of hydrogen-bond acceptors (Lipinski definition) is 51. The van der Waals surface area contributed by atoms with Crippen LogP contribution in [0.1, 0.15) is 106 Å². The number of carbonyl (C=O) groups excluding carboxylic acids is 5. The molecular formula is C70H110N20O35S. The third-order valence-electron chi connectivity index (χ3n) is 18.7. The number of aromatic nitrogens is 10. The minimum Gasteiger partial charge on any atom is -0.462 e. The lowest BCUT2D eigenvalue weighted by Gasteiger charge is -2.19. The highest BCUT2D eigenvalue weighted by molar-refractivity contribution is 7.98. The molecule has 56 heteroatoms. The van der Waals surface area contributed by atoms with E-state index in [2.05, 4.69) is 24.9 Å². The smallest absolute Gasteiger partial charge is 0.351 e. The van der Waals surface area contributed by atoms with Gasteiger partial charge in [0.05, 0.1) is 6.85 Å². The van der Waals surface area contributed by atoms with E-state index in [0.717, 1.165) is 49.2 Å². The number of carbonyl (C=O) groups is 5. The van der Waals surface area contributed by atoms with Gasteiger partial charge in [0, 0.05) is 31.0 Å². The number of anilines is 5. The molecule has 30 N–H and O–H groups in total. The summed E-state index contributed by atoms with van der Waals surface area (Å²) in [5.74, 6) is -3.85. The number of esters is 5. The van der Waals surface area contributed by atoms with Crippen LogP contribution in [0.4, 0.5) is 29.1 Å². The zero-order valence-corrected chi connectivity index (χ0v) is 69.4. The minimum absolute atomic E-state index is 0.115. The Bertz CT molecular complexity index is 4950. The van der Waals surface area contributed by atoms with E-state index in [1.165, 1.54) is 30.8 Å². The van der Waals surface area contributed by atoms with Crippen molar-refractivity contribution in [3.8, 4) is 0 Å². The molecule has 5 fully saturated rings. The van der Waals surface area contributed by atoms with Crippen molar-refractivity contribution in [3.05, 3.63) is 114 Å². The number of nitrogens with one attached hydrogen (secondary N) is 5. The SMILES string of the molecule is [2H][C@@]1(n2ccc(NO)nc2=O)O[C@H](COC(=O)[C@@H](C)N)[C@@H](O)[C@H]1O.[2H][C@@]1(n2ccc(NO)nc2=O)O[C@H](COC(=O)[C@H](N)C(C)C)[C@@H](O)[C@H]1O.[2H][C@@]1(n2ccc(NO)nc2=O)O[C@H](COC(=O)[C@H](N)CC(C)C)[C@@H](O)[C@H]1O.[2H][C@@]1(n2ccc(NO)nc2=O)O[C@H](COC(=O)[C@H](N)CCSC)[C@@H](O)[C@H]1O.[2H][C@@]1(n2ccc(NO)nc2=O)O[C@H](COC(=O)[C@H](N)[C@H](C)CC)[C@@H](O)[C@H]1O. The van der Waals surface area contributed by atoms with Crippen LogP contribution in [0.3, 0.4) is 0 Å². The highest BCUT2D eigenvalue weighted by Crippen LogP contribution is 2.34. The molecule has 0 radical (unpaired) electrons. The highest BCUT2D eigenvalue weighted by Gasteiger charge is 2.50. The van der Waals surface area contributed by atoms with Crippen LogP contribution in [0, 0.1) is 17.8 Å². The third kappa shape index (κ3) is 28.1. The number of nitrogens with zero attached hydrogens (tertiary/aromatic N) is 10. The topological polar surface area (TPSA) is 846 Å². The lowest BCUT2D eigenvalue weighted by Crippen LogP contribution is -2.41. The Labute approximate surface area is 724 Å². The first-order valence-corrected chi connectivity index (χ1v) is 39.5. The highest BCUT2D eigenvalue weighted by atomic mass is 32.2. The van der Waals surface area contributed by atoms with Crippen LogP contribution in [0.25, 0.3) is 0 Å². The van der Waals surface area contributed by atoms with Crippen LogP contribution >= 0.6 is 11.8 Å². The summed E-state index contributed by atoms with van der Waals surface area (Å²) in [6.45, 7) is 10.0. The van der Waals surface area contributed by atoms with Gasteiger partial charge in [-0.05, 0) is 79.9 Å². The molecule has 5 aromatic heterocycles. The zero-order chi connectivity index (χ0) is 98.6. The van der Waals surface area contributed by atoms with Crippen molar-refractivity contribution >= 4 is 70.7 Å². The molecule has 5 aliphatic rings. The standard InChI is InChI=1S/2C15H24N4O7.C14H22N4O7S.C14H22N4O7.C12H18N4O7/c1-7(2)5-8(16)14(22)25-6-9-11(20)12(21)13(26-9)19-4-3-10(18-24)17-15(19)23;1-3-7(2)10(16)14(22)25-6-8-11(20)12(21)13(26-8)19-5-4-9(18-24)17-15(19)23;1-26-5-3-7(15)13(21)24-6-8-10(19)11(20)12(25-8)18-4-2-9(17-23)16-14(18)22;1-6(2)9(15)13(21)24-5-7-10(19)11(20)12(25-7)18-4-3-8(17-23)16-14(18)22;1-5(13)11(19)22-4-6-8(17)9(18)10(23-6)16-3-2-7(15-21)14-12(16)20/h3-4,7-9,11-13,20-21,24H,5-6,16H2,1-2H3,(H,17,18,23);4-5,7-8,10-13,20-21,24H,3,6,16H2,1-2H3,(H,17,18,23);2,4,7-8,10-12,19-20,23H,3,5-6,15H2,1H3,(H,16,17,22);3-4,6-7,9-12,19-20,23H,5,15H2,1-2H3,(H,16,17,22);2-3,5-6,8-10,17-18,21H,4,13H2,1H3,(H,14,15,20)/t8-,9-,11-,12-,13-;7-,8-,10-,11-,12-,13-;7-,8-,10-,11-,12-;7-,9-,10-,11-,12-;5-,6-,8-,9-,10-/m11111/s1/i2*13D;2*12D;10D. The Morgan fingerprint density at radius 3 is 0.857 bits per heavy atom. The number of nitrogens with two attached hydrogens (primary N) is 5. The normalized spacial score (nSPS) is 30.8. The second-order valence-electron chi connectivity index (χ2n) is 28.8. The van der Waals surface area contributed by atoms with E-state index in [9.17, 15) is 99.0 Å². The maximum Gasteiger partial charge on any atom is 0.351 e. The van der Waals surface area contributed by atoms with Gasteiger partial charge in [0.25, 0.3) is 0 Å². The quantitative estimate of drug-likeness (QED) is 0.0105. The molecule has 0 aliphatic carbocycles. The van der Waals surface area contributed by atoms with Gasteiger partial charge >= 0.3 is 58.3 Å². The minimum atomic E-state index is -2.40. The Kier molecular flexibility index (Phi) is 38.0. The van der Waals surface area contributed by atoms with E-state index in [4.69, 9.17) is 109 Å². The van der Waals surface area contributed by atoms with Crippen molar-refractivity contribution in [1.82, 2.24) is 47.8 Å². The molecular weight excluding hydrogens is 1710 g/mol. The molecule has 10 heterocycles. The molecule has 55 nitrogen and oxygen atoms in total. The maximum absolute atomic E-state index is 12.0. The molecule has 5 aromatic rings. The Morgan fingerprint density at radius 1 is 0.405 bits per heavy atom. The number of aliphatic hydroxyl groups excluding tert-OH is 10. The first-order chi connectivity index (χ1) is 61.3. The number of hydrogen-bond donors (Lipinski definition) is 25. The molecule has 0 bridgehead atoms. The van der Waals surface area contributed by atoms with Gasteiger partial charge in [0.15, 0.2) is 60.1 Å². The van der Waals surface area contributed by atoms with Gasteiger partial charge in [-0.25, -0.2) is 24.0 Å². The van der Waals surface area contributed by atoms with Crippen LogP contribution in [-0.2, 0) is 71.3 Å². The average Bonchev–Trinajstić information content (AvgIpc) is 1.64. The summed E-state index contributed by atoms with van der Waals surface area (Å²) < 4.78 is 95.7. The summed E-state index contributed by atoms with van der Waals surface area (Å²) in [6, 6.07) is 1.51. The van der Waals surface area contributed by atoms with Crippen LogP contribution < -0.4 is 84.5 Å². The Morgan fingerprint density at radius 2 is 0.643 bits per heavy atom. The summed E-state index contributed by atoms with van der Waals surface area (Å²) in [7, 11) is 0. The summed E-state index contributed by atoms with van der Waals surface area (Å²) >= 11 is 1.52. The van der Waals surface area contributed by atoms with Crippen molar-refractivity contribution in [2.75, 3.05) is 72.4 Å². The first-order valence-electron chi connectivity index (χ1n) is 40.6. The van der Waals surface area contributed by atoms with Gasteiger partial charge < -0.3 is 127 Å². The fourth-order valence-electron chi connectivity index (χ4n) is 11.1. The molecule has 5 aliphatic heterocycles. The van der Waals surface area contributed by atoms with Gasteiger partial charge in [-0.3, -0.25) is 100 Å². The Balaban J connectivity index is 0.000000252. The summed E-state index contributed by atoms with van der Waals surface area (Å²) in [5, 5.41) is 145. The van der Waals surface area contributed by atoms with Crippen LogP contribution in [0.15, 0.2) is 85.3 Å².